The molecule has 94 valence electrons. The number of nitrogen functional groups attached to an aromatic ring is 2. The third kappa shape index (κ3) is 2.30. The van der Waals surface area contributed by atoms with Crippen LogP contribution in [0.25, 0.3) is 21.7 Å². The minimum Gasteiger partial charge on any atom is -0.399 e. The number of aromatic nitrogens is 1. The topological polar surface area (TPSA) is 64.9 Å². The van der Waals surface area contributed by atoms with E-state index in [0.29, 0.717) is 5.13 Å². The summed E-state index contributed by atoms with van der Waals surface area (Å²) in [7, 11) is 0. The smallest absolute Gasteiger partial charge is 0.181 e. The van der Waals surface area contributed by atoms with Crippen molar-refractivity contribution >= 4 is 22.2 Å². The zero-order valence-corrected chi connectivity index (χ0v) is 11.0. The van der Waals surface area contributed by atoms with E-state index in [1.165, 1.54) is 11.3 Å². The Labute approximate surface area is 115 Å². The van der Waals surface area contributed by atoms with Crippen molar-refractivity contribution in [3.8, 4) is 21.7 Å². The van der Waals surface area contributed by atoms with E-state index in [1.807, 2.05) is 54.6 Å². The molecule has 1 aromatic heterocycles. The van der Waals surface area contributed by atoms with Crippen molar-refractivity contribution in [3.05, 3.63) is 54.6 Å². The monoisotopic (exact) mass is 267 g/mol. The van der Waals surface area contributed by atoms with Crippen LogP contribution in [0.4, 0.5) is 10.8 Å². The van der Waals surface area contributed by atoms with Crippen LogP contribution in [0.15, 0.2) is 54.6 Å². The molecule has 2 aromatic carbocycles. The highest BCUT2D eigenvalue weighted by atomic mass is 32.1. The molecular weight excluding hydrogens is 254 g/mol. The SMILES string of the molecule is Nc1ccc(-c2sc(N)nc2-c2ccccc2)cc1. The Balaban J connectivity index is 2.15. The summed E-state index contributed by atoms with van der Waals surface area (Å²) < 4.78 is 0. The molecule has 3 nitrogen and oxygen atoms in total. The van der Waals surface area contributed by atoms with Gasteiger partial charge < -0.3 is 11.5 Å². The van der Waals surface area contributed by atoms with Crippen LogP contribution in [0.5, 0.6) is 0 Å². The van der Waals surface area contributed by atoms with E-state index in [1.54, 1.807) is 0 Å². The molecule has 0 amide bonds. The molecule has 0 unspecified atom stereocenters. The van der Waals surface area contributed by atoms with Crippen molar-refractivity contribution in [2.24, 2.45) is 0 Å². The van der Waals surface area contributed by atoms with Crippen LogP contribution in [-0.4, -0.2) is 4.98 Å². The maximum Gasteiger partial charge on any atom is 0.181 e. The predicted octanol–water partition coefficient (Wildman–Crippen LogP) is 3.64. The van der Waals surface area contributed by atoms with Gasteiger partial charge in [-0.05, 0) is 17.7 Å². The molecule has 0 saturated carbocycles. The average Bonchev–Trinajstić information content (AvgIpc) is 2.83. The van der Waals surface area contributed by atoms with Gasteiger partial charge in [-0.1, -0.05) is 53.8 Å². The van der Waals surface area contributed by atoms with Crippen molar-refractivity contribution < 1.29 is 0 Å². The molecule has 0 fully saturated rings. The summed E-state index contributed by atoms with van der Waals surface area (Å²) >= 11 is 1.49. The van der Waals surface area contributed by atoms with Crippen LogP contribution in [0.3, 0.4) is 0 Å². The molecule has 0 aliphatic carbocycles. The molecule has 3 rings (SSSR count). The Morgan fingerprint density at radius 3 is 2.16 bits per heavy atom. The van der Waals surface area contributed by atoms with Gasteiger partial charge in [-0.2, -0.15) is 0 Å². The van der Waals surface area contributed by atoms with E-state index in [2.05, 4.69) is 4.98 Å². The zero-order chi connectivity index (χ0) is 13.2. The highest BCUT2D eigenvalue weighted by Gasteiger charge is 2.13. The van der Waals surface area contributed by atoms with Gasteiger partial charge in [0.15, 0.2) is 5.13 Å². The molecule has 0 atom stereocenters. The molecule has 0 saturated heterocycles. The molecule has 0 radical (unpaired) electrons. The second kappa shape index (κ2) is 4.74. The number of benzene rings is 2. The highest BCUT2D eigenvalue weighted by Crippen LogP contribution is 2.37. The lowest BCUT2D eigenvalue weighted by Gasteiger charge is -2.03. The van der Waals surface area contributed by atoms with Crippen LogP contribution >= 0.6 is 11.3 Å². The van der Waals surface area contributed by atoms with Crippen molar-refractivity contribution in [2.75, 3.05) is 11.5 Å². The van der Waals surface area contributed by atoms with Gasteiger partial charge in [-0.25, -0.2) is 4.98 Å². The van der Waals surface area contributed by atoms with E-state index < -0.39 is 0 Å². The van der Waals surface area contributed by atoms with Gasteiger partial charge in [0.1, 0.15) is 0 Å². The standard InChI is InChI=1S/C15H13N3S/c16-12-8-6-11(7-9-12)14-13(18-15(17)19-14)10-4-2-1-3-5-10/h1-9H,16H2,(H2,17,18). The molecule has 4 heteroatoms. The second-order valence-electron chi connectivity index (χ2n) is 4.22. The van der Waals surface area contributed by atoms with Gasteiger partial charge in [0.2, 0.25) is 0 Å². The van der Waals surface area contributed by atoms with Crippen molar-refractivity contribution in [1.29, 1.82) is 0 Å². The number of hydrogen-bond donors (Lipinski definition) is 2. The average molecular weight is 267 g/mol. The first-order valence-corrected chi connectivity index (χ1v) is 6.73. The molecule has 0 aliphatic heterocycles. The van der Waals surface area contributed by atoms with Gasteiger partial charge in [-0.3, -0.25) is 0 Å². The normalized spacial score (nSPS) is 10.5. The first kappa shape index (κ1) is 11.7. The summed E-state index contributed by atoms with van der Waals surface area (Å²) in [6.07, 6.45) is 0. The maximum atomic E-state index is 5.87. The van der Waals surface area contributed by atoms with E-state index in [4.69, 9.17) is 11.5 Å². The fourth-order valence-corrected chi connectivity index (χ4v) is 2.82. The summed E-state index contributed by atoms with van der Waals surface area (Å²) in [6, 6.07) is 17.8. The molecule has 0 aliphatic rings. The number of thiazole rings is 1. The minimum atomic E-state index is 0.575. The Morgan fingerprint density at radius 2 is 1.47 bits per heavy atom. The number of hydrogen-bond acceptors (Lipinski definition) is 4. The molecule has 19 heavy (non-hydrogen) atoms. The quantitative estimate of drug-likeness (QED) is 0.697. The van der Waals surface area contributed by atoms with Crippen molar-refractivity contribution in [1.82, 2.24) is 4.98 Å². The predicted molar refractivity (Wildman–Crippen MR) is 81.8 cm³/mol. The Hall–Kier alpha value is -2.33. The van der Waals surface area contributed by atoms with Gasteiger partial charge in [0.25, 0.3) is 0 Å². The lowest BCUT2D eigenvalue weighted by Crippen LogP contribution is -1.85. The van der Waals surface area contributed by atoms with Gasteiger partial charge in [0.05, 0.1) is 10.6 Å². The summed E-state index contributed by atoms with van der Waals surface area (Å²) in [5.41, 5.74) is 15.4. The number of nitrogens with two attached hydrogens (primary N) is 2. The fourth-order valence-electron chi connectivity index (χ4n) is 1.96. The Morgan fingerprint density at radius 1 is 0.789 bits per heavy atom. The molecule has 4 N–H and O–H groups in total. The summed E-state index contributed by atoms with van der Waals surface area (Å²) in [5, 5.41) is 0.575. The third-order valence-corrected chi connectivity index (χ3v) is 3.80. The summed E-state index contributed by atoms with van der Waals surface area (Å²) in [6.45, 7) is 0. The van der Waals surface area contributed by atoms with E-state index in [-0.39, 0.29) is 0 Å². The zero-order valence-electron chi connectivity index (χ0n) is 10.2. The van der Waals surface area contributed by atoms with Crippen molar-refractivity contribution in [3.63, 3.8) is 0 Å². The highest BCUT2D eigenvalue weighted by molar-refractivity contribution is 7.19. The number of nitrogens with zero attached hydrogens (tertiary/aromatic N) is 1. The third-order valence-electron chi connectivity index (χ3n) is 2.86. The van der Waals surface area contributed by atoms with Gasteiger partial charge in [0, 0.05) is 11.3 Å². The lowest BCUT2D eigenvalue weighted by atomic mass is 10.1. The molecule has 1 heterocycles. The van der Waals surface area contributed by atoms with Crippen LogP contribution in [0, 0.1) is 0 Å². The number of rotatable bonds is 2. The molecule has 0 spiro atoms. The minimum absolute atomic E-state index is 0.575. The first-order valence-electron chi connectivity index (χ1n) is 5.91. The van der Waals surface area contributed by atoms with Gasteiger partial charge >= 0.3 is 0 Å². The Kier molecular flexibility index (Phi) is 2.93. The fraction of sp³-hybridized carbons (Fsp3) is 0. The van der Waals surface area contributed by atoms with Gasteiger partial charge in [-0.15, -0.1) is 0 Å². The molecule has 3 aromatic rings. The van der Waals surface area contributed by atoms with E-state index in [9.17, 15) is 0 Å². The lowest BCUT2D eigenvalue weighted by molar-refractivity contribution is 1.41. The summed E-state index contributed by atoms with van der Waals surface area (Å²) in [4.78, 5) is 5.52. The largest absolute Gasteiger partial charge is 0.399 e. The Bertz CT molecular complexity index is 687. The van der Waals surface area contributed by atoms with Crippen LogP contribution in [-0.2, 0) is 0 Å². The van der Waals surface area contributed by atoms with Crippen LogP contribution in [0.2, 0.25) is 0 Å². The molecule has 0 bridgehead atoms. The van der Waals surface area contributed by atoms with Crippen LogP contribution < -0.4 is 11.5 Å². The summed E-state index contributed by atoms with van der Waals surface area (Å²) in [5.74, 6) is 0. The van der Waals surface area contributed by atoms with Crippen molar-refractivity contribution in [2.45, 2.75) is 0 Å². The number of anilines is 2. The van der Waals surface area contributed by atoms with E-state index >= 15 is 0 Å². The molecular formula is C15H13N3S. The van der Waals surface area contributed by atoms with E-state index in [0.717, 1.165) is 27.4 Å². The second-order valence-corrected chi connectivity index (χ2v) is 5.25. The first-order chi connectivity index (χ1) is 9.24. The maximum absolute atomic E-state index is 5.87. The van der Waals surface area contributed by atoms with Crippen LogP contribution in [0.1, 0.15) is 0 Å².